The predicted octanol–water partition coefficient (Wildman–Crippen LogP) is 3.66. The number of carbonyl (C=O) groups excluding carboxylic acids is 1. The van der Waals surface area contributed by atoms with Crippen LogP contribution in [0.2, 0.25) is 5.02 Å². The molecule has 0 fully saturated rings. The van der Waals surface area contributed by atoms with E-state index in [1.807, 2.05) is 41.0 Å². The fourth-order valence-corrected chi connectivity index (χ4v) is 3.59. The number of halogens is 1. The molecule has 1 aromatic heterocycles. The maximum absolute atomic E-state index is 12.8. The Kier molecular flexibility index (Phi) is 5.34. The number of fused-ring (bicyclic) bond motifs is 2. The predicted molar refractivity (Wildman–Crippen MR) is 115 cm³/mol. The van der Waals surface area contributed by atoms with E-state index in [0.717, 1.165) is 0 Å². The molecule has 0 aliphatic heterocycles. The Bertz CT molecular complexity index is 1190. The molecule has 4 rings (SSSR count). The molecule has 1 amide bonds. The van der Waals surface area contributed by atoms with Crippen LogP contribution in [-0.2, 0) is 11.3 Å². The van der Waals surface area contributed by atoms with Crippen LogP contribution in [0, 0.1) is 0 Å². The summed E-state index contributed by atoms with van der Waals surface area (Å²) in [6.45, 7) is 0.116. The molecule has 4 aromatic rings. The molecular weight excluding hydrogens is 388 g/mol. The number of hydrogen-bond acceptors (Lipinski definition) is 3. The maximum Gasteiger partial charge on any atom is 0.240 e. The Labute approximate surface area is 172 Å². The first-order valence-corrected chi connectivity index (χ1v) is 9.63. The third-order valence-electron chi connectivity index (χ3n) is 4.93. The molecule has 3 aromatic carbocycles. The number of para-hydroxylation sites is 2. The Hall–Kier alpha value is -3.15. The fraction of sp³-hybridized carbons (Fsp3) is 0.130. The van der Waals surface area contributed by atoms with Crippen LogP contribution < -0.4 is 10.7 Å². The first-order valence-electron chi connectivity index (χ1n) is 9.25. The second-order valence-corrected chi connectivity index (χ2v) is 7.26. The summed E-state index contributed by atoms with van der Waals surface area (Å²) in [6.07, 6.45) is -0.835. The fourth-order valence-electron chi connectivity index (χ4n) is 3.46. The number of nitrogens with zero attached hydrogens (tertiary/aromatic N) is 1. The van der Waals surface area contributed by atoms with Crippen LogP contribution in [0.15, 0.2) is 77.6 Å². The number of hydrogen-bond donors (Lipinski definition) is 2. The molecule has 0 aliphatic rings. The molecule has 6 heteroatoms. The van der Waals surface area contributed by atoms with Crippen molar-refractivity contribution in [2.45, 2.75) is 12.6 Å². The average Bonchev–Trinajstić information content (AvgIpc) is 2.75. The van der Waals surface area contributed by atoms with Gasteiger partial charge in [0, 0.05) is 22.3 Å². The Balaban J connectivity index is 1.60. The molecular formula is C23H19ClN2O3. The van der Waals surface area contributed by atoms with Crippen LogP contribution in [0.3, 0.4) is 0 Å². The molecule has 29 heavy (non-hydrogen) atoms. The highest BCUT2D eigenvalue weighted by molar-refractivity contribution is 6.30. The number of carbonyl (C=O) groups is 1. The number of amides is 1. The lowest BCUT2D eigenvalue weighted by molar-refractivity contribution is -0.122. The van der Waals surface area contributed by atoms with E-state index in [1.54, 1.807) is 36.4 Å². The van der Waals surface area contributed by atoms with Crippen molar-refractivity contribution in [1.29, 1.82) is 0 Å². The summed E-state index contributed by atoms with van der Waals surface area (Å²) in [4.78, 5) is 25.4. The van der Waals surface area contributed by atoms with Crippen molar-refractivity contribution >= 4 is 39.3 Å². The molecule has 0 aliphatic carbocycles. The summed E-state index contributed by atoms with van der Waals surface area (Å²) in [5.74, 6) is -0.253. The highest BCUT2D eigenvalue weighted by atomic mass is 35.5. The van der Waals surface area contributed by atoms with Crippen LogP contribution >= 0.6 is 11.6 Å². The summed E-state index contributed by atoms with van der Waals surface area (Å²) >= 11 is 5.86. The monoisotopic (exact) mass is 406 g/mol. The molecule has 5 nitrogen and oxygen atoms in total. The SMILES string of the molecule is O=C(Cn1c2ccccc2c(=O)c2ccccc21)NC[C@@H](O)c1ccc(Cl)cc1. The lowest BCUT2D eigenvalue weighted by Crippen LogP contribution is -2.32. The van der Waals surface area contributed by atoms with E-state index in [0.29, 0.717) is 32.4 Å². The second kappa shape index (κ2) is 8.07. The molecule has 1 heterocycles. The van der Waals surface area contributed by atoms with Gasteiger partial charge in [-0.1, -0.05) is 48.0 Å². The molecule has 0 unspecified atom stereocenters. The molecule has 0 bridgehead atoms. The van der Waals surface area contributed by atoms with Crippen molar-refractivity contribution in [2.24, 2.45) is 0 Å². The van der Waals surface area contributed by atoms with Crippen LogP contribution in [0.25, 0.3) is 21.8 Å². The lowest BCUT2D eigenvalue weighted by atomic mass is 10.1. The normalized spacial score (nSPS) is 12.2. The van der Waals surface area contributed by atoms with Crippen molar-refractivity contribution in [3.8, 4) is 0 Å². The zero-order valence-electron chi connectivity index (χ0n) is 15.5. The van der Waals surface area contributed by atoms with E-state index in [4.69, 9.17) is 11.6 Å². The Morgan fingerprint density at radius 3 is 2.07 bits per heavy atom. The minimum absolute atomic E-state index is 0.0364. The highest BCUT2D eigenvalue weighted by Crippen LogP contribution is 2.19. The lowest BCUT2D eigenvalue weighted by Gasteiger charge is -2.16. The van der Waals surface area contributed by atoms with E-state index >= 15 is 0 Å². The number of rotatable bonds is 5. The van der Waals surface area contributed by atoms with Gasteiger partial charge in [-0.05, 0) is 42.0 Å². The van der Waals surface area contributed by atoms with Gasteiger partial charge in [0.05, 0.1) is 17.1 Å². The zero-order chi connectivity index (χ0) is 20.4. The Morgan fingerprint density at radius 1 is 0.931 bits per heavy atom. The van der Waals surface area contributed by atoms with Gasteiger partial charge < -0.3 is 15.0 Å². The quantitative estimate of drug-likeness (QED) is 0.497. The van der Waals surface area contributed by atoms with Gasteiger partial charge in [-0.25, -0.2) is 0 Å². The van der Waals surface area contributed by atoms with Gasteiger partial charge in [0.25, 0.3) is 0 Å². The molecule has 0 spiro atoms. The van der Waals surface area contributed by atoms with Gasteiger partial charge in [0.2, 0.25) is 5.91 Å². The Morgan fingerprint density at radius 2 is 1.48 bits per heavy atom. The number of pyridine rings is 1. The molecule has 146 valence electrons. The summed E-state index contributed by atoms with van der Waals surface area (Å²) < 4.78 is 1.83. The van der Waals surface area contributed by atoms with Crippen molar-refractivity contribution in [2.75, 3.05) is 6.54 Å². The van der Waals surface area contributed by atoms with E-state index in [9.17, 15) is 14.7 Å². The van der Waals surface area contributed by atoms with Gasteiger partial charge in [0.1, 0.15) is 6.54 Å². The third-order valence-corrected chi connectivity index (χ3v) is 5.18. The molecule has 0 saturated carbocycles. The van der Waals surface area contributed by atoms with Crippen molar-refractivity contribution in [3.05, 3.63) is 93.6 Å². The van der Waals surface area contributed by atoms with Gasteiger partial charge in [0.15, 0.2) is 5.43 Å². The molecule has 1 atom stereocenters. The zero-order valence-corrected chi connectivity index (χ0v) is 16.3. The smallest absolute Gasteiger partial charge is 0.240 e. The average molecular weight is 407 g/mol. The first-order chi connectivity index (χ1) is 14.0. The van der Waals surface area contributed by atoms with Crippen molar-refractivity contribution in [1.82, 2.24) is 9.88 Å². The van der Waals surface area contributed by atoms with Gasteiger partial charge in [-0.15, -0.1) is 0 Å². The summed E-state index contributed by atoms with van der Waals surface area (Å²) in [6, 6.07) is 21.3. The molecule has 0 saturated heterocycles. The summed E-state index contributed by atoms with van der Waals surface area (Å²) in [7, 11) is 0. The summed E-state index contributed by atoms with van der Waals surface area (Å²) in [5.41, 5.74) is 2.02. The first kappa shape index (κ1) is 19.2. The third kappa shape index (κ3) is 3.88. The van der Waals surface area contributed by atoms with E-state index in [-0.39, 0.29) is 24.4 Å². The van der Waals surface area contributed by atoms with E-state index in [1.165, 1.54) is 0 Å². The number of aromatic nitrogens is 1. The molecule has 2 N–H and O–H groups in total. The standard InChI is InChI=1S/C23H19ClN2O3/c24-16-11-9-15(10-12-16)21(27)13-25-22(28)14-26-19-7-3-1-5-17(19)23(29)18-6-2-4-8-20(18)26/h1-12,21,27H,13-14H2,(H,25,28)/t21-/m1/s1. The number of nitrogens with one attached hydrogen (secondary N) is 1. The van der Waals surface area contributed by atoms with Crippen molar-refractivity contribution in [3.63, 3.8) is 0 Å². The van der Waals surface area contributed by atoms with Gasteiger partial charge >= 0.3 is 0 Å². The van der Waals surface area contributed by atoms with Crippen molar-refractivity contribution < 1.29 is 9.90 Å². The largest absolute Gasteiger partial charge is 0.387 e. The van der Waals surface area contributed by atoms with Crippen LogP contribution in [-0.4, -0.2) is 22.1 Å². The number of benzene rings is 3. The second-order valence-electron chi connectivity index (χ2n) is 6.82. The van der Waals surface area contributed by atoms with Gasteiger partial charge in [-0.2, -0.15) is 0 Å². The highest BCUT2D eigenvalue weighted by Gasteiger charge is 2.14. The summed E-state index contributed by atoms with van der Waals surface area (Å²) in [5, 5.41) is 14.8. The minimum Gasteiger partial charge on any atom is -0.387 e. The minimum atomic E-state index is -0.835. The van der Waals surface area contributed by atoms with Crippen LogP contribution in [0.4, 0.5) is 0 Å². The van der Waals surface area contributed by atoms with E-state index in [2.05, 4.69) is 5.32 Å². The van der Waals surface area contributed by atoms with Crippen LogP contribution in [0.1, 0.15) is 11.7 Å². The number of aliphatic hydroxyl groups excluding tert-OH is 1. The molecule has 0 radical (unpaired) electrons. The van der Waals surface area contributed by atoms with Gasteiger partial charge in [-0.3, -0.25) is 9.59 Å². The maximum atomic E-state index is 12.8. The van der Waals surface area contributed by atoms with E-state index < -0.39 is 6.10 Å². The number of aliphatic hydroxyl groups is 1. The van der Waals surface area contributed by atoms with Crippen LogP contribution in [0.5, 0.6) is 0 Å². The topological polar surface area (TPSA) is 71.3 Å².